The molecule has 2 heterocycles. The predicted octanol–water partition coefficient (Wildman–Crippen LogP) is 3.59. The quantitative estimate of drug-likeness (QED) is 0.441. The van der Waals surface area contributed by atoms with Crippen molar-refractivity contribution in [3.63, 3.8) is 0 Å². The Hall–Kier alpha value is -2.11. The summed E-state index contributed by atoms with van der Waals surface area (Å²) in [4.78, 5) is 0. The van der Waals surface area contributed by atoms with E-state index < -0.39 is 0 Å². The van der Waals surface area contributed by atoms with Crippen LogP contribution in [0.15, 0.2) is 71.5 Å². The second kappa shape index (κ2) is 5.26. The van der Waals surface area contributed by atoms with Crippen molar-refractivity contribution in [2.24, 2.45) is 0 Å². The Morgan fingerprint density at radius 2 is 1.74 bits per heavy atom. The van der Waals surface area contributed by atoms with Gasteiger partial charge in [0, 0.05) is 28.2 Å². The van der Waals surface area contributed by atoms with Gasteiger partial charge in [0.25, 0.3) is 0 Å². The highest BCUT2D eigenvalue weighted by atomic mass is 79.9. The van der Waals surface area contributed by atoms with Gasteiger partial charge < -0.3 is 0 Å². The molecule has 0 unspecified atom stereocenters. The number of benzene rings is 1. The minimum atomic E-state index is 1.00. The maximum Gasteiger partial charge on any atom is 0.210 e. The molecule has 0 aliphatic rings. The summed E-state index contributed by atoms with van der Waals surface area (Å²) in [5.74, 6) is 6.36. The molecule has 0 atom stereocenters. The number of fused-ring (bicyclic) bond motifs is 1. The number of hydrogen-bond acceptors (Lipinski definition) is 0. The first-order chi connectivity index (χ1) is 9.31. The lowest BCUT2D eigenvalue weighted by Gasteiger charge is -1.92. The second-order valence-electron chi connectivity index (χ2n) is 4.21. The Morgan fingerprint density at radius 3 is 2.63 bits per heavy atom. The zero-order chi connectivity index (χ0) is 13.1. The molecule has 0 amide bonds. The van der Waals surface area contributed by atoms with Crippen molar-refractivity contribution in [1.82, 2.24) is 0 Å². The minimum Gasteiger partial charge on any atom is -0.166 e. The SMILES string of the molecule is Brc1cccc(C#Cc2ccc3cccc[n+]3c2)c1. The average molecular weight is 309 g/mol. The topological polar surface area (TPSA) is 4.10 Å². The van der Waals surface area contributed by atoms with Gasteiger partial charge in [0.15, 0.2) is 12.4 Å². The fourth-order valence-corrected chi connectivity index (χ4v) is 2.28. The van der Waals surface area contributed by atoms with E-state index >= 15 is 0 Å². The van der Waals surface area contributed by atoms with Gasteiger partial charge in [-0.25, -0.2) is 0 Å². The minimum absolute atomic E-state index is 1.00. The van der Waals surface area contributed by atoms with Crippen LogP contribution in [0.3, 0.4) is 0 Å². The predicted molar refractivity (Wildman–Crippen MR) is 79.7 cm³/mol. The molecule has 1 aromatic carbocycles. The molecule has 0 radical (unpaired) electrons. The second-order valence-corrected chi connectivity index (χ2v) is 5.13. The van der Waals surface area contributed by atoms with Crippen molar-refractivity contribution < 1.29 is 4.40 Å². The molecule has 3 aromatic rings. The fraction of sp³-hybridized carbons (Fsp3) is 0. The molecular weight excluding hydrogens is 298 g/mol. The summed E-state index contributed by atoms with van der Waals surface area (Å²) in [7, 11) is 0. The molecule has 0 aliphatic carbocycles. The van der Waals surface area contributed by atoms with E-state index in [0.717, 1.165) is 21.1 Å². The van der Waals surface area contributed by atoms with Gasteiger partial charge in [-0.2, -0.15) is 4.40 Å². The highest BCUT2D eigenvalue weighted by Crippen LogP contribution is 2.10. The number of pyridine rings is 2. The van der Waals surface area contributed by atoms with Crippen molar-refractivity contribution in [2.45, 2.75) is 0 Å². The summed E-state index contributed by atoms with van der Waals surface area (Å²) >= 11 is 3.45. The molecule has 0 bridgehead atoms. The van der Waals surface area contributed by atoms with Crippen molar-refractivity contribution in [1.29, 1.82) is 0 Å². The maximum absolute atomic E-state index is 3.45. The van der Waals surface area contributed by atoms with Crippen LogP contribution in [0.2, 0.25) is 0 Å². The Bertz CT molecular complexity index is 797. The molecule has 3 rings (SSSR count). The van der Waals surface area contributed by atoms with Crippen molar-refractivity contribution in [3.05, 3.63) is 82.6 Å². The third-order valence-electron chi connectivity index (χ3n) is 2.81. The molecule has 2 aromatic heterocycles. The zero-order valence-electron chi connectivity index (χ0n) is 10.2. The summed E-state index contributed by atoms with van der Waals surface area (Å²) in [6, 6.07) is 18.2. The van der Waals surface area contributed by atoms with Crippen molar-refractivity contribution >= 4 is 21.4 Å². The highest BCUT2D eigenvalue weighted by Gasteiger charge is 2.00. The first kappa shape index (κ1) is 12.0. The third kappa shape index (κ3) is 2.83. The van der Waals surface area contributed by atoms with E-state index in [-0.39, 0.29) is 0 Å². The van der Waals surface area contributed by atoms with Gasteiger partial charge in [-0.3, -0.25) is 0 Å². The van der Waals surface area contributed by atoms with Crippen LogP contribution < -0.4 is 4.40 Å². The largest absolute Gasteiger partial charge is 0.210 e. The van der Waals surface area contributed by atoms with E-state index in [0.29, 0.717) is 0 Å². The summed E-state index contributed by atoms with van der Waals surface area (Å²) in [5.41, 5.74) is 3.17. The van der Waals surface area contributed by atoms with Crippen LogP contribution in [0.4, 0.5) is 0 Å². The molecule has 19 heavy (non-hydrogen) atoms. The first-order valence-corrected chi connectivity index (χ1v) is 6.78. The lowest BCUT2D eigenvalue weighted by molar-refractivity contribution is -0.512. The standard InChI is InChI=1S/C17H11BrN/c18-16-5-3-4-14(12-16)7-8-15-9-10-17-6-1-2-11-19(17)13-15/h1-6,9-13H/q+1. The normalized spacial score (nSPS) is 9.95. The van der Waals surface area contributed by atoms with E-state index in [9.17, 15) is 0 Å². The molecule has 0 saturated carbocycles. The van der Waals surface area contributed by atoms with Crippen LogP contribution >= 0.6 is 15.9 Å². The van der Waals surface area contributed by atoms with E-state index in [1.807, 2.05) is 54.9 Å². The van der Waals surface area contributed by atoms with Crippen LogP contribution in [0, 0.1) is 11.8 Å². The van der Waals surface area contributed by atoms with Crippen LogP contribution in [0.5, 0.6) is 0 Å². The molecule has 1 nitrogen and oxygen atoms in total. The van der Waals surface area contributed by atoms with Crippen molar-refractivity contribution in [2.75, 3.05) is 0 Å². The van der Waals surface area contributed by atoms with E-state index in [2.05, 4.69) is 44.3 Å². The molecule has 0 spiro atoms. The van der Waals surface area contributed by atoms with Gasteiger partial charge in [0.2, 0.25) is 5.52 Å². The lowest BCUT2D eigenvalue weighted by atomic mass is 10.2. The number of aromatic nitrogens is 1. The molecule has 90 valence electrons. The summed E-state index contributed by atoms with van der Waals surface area (Å²) in [6.07, 6.45) is 4.07. The highest BCUT2D eigenvalue weighted by molar-refractivity contribution is 9.10. The van der Waals surface area contributed by atoms with E-state index in [4.69, 9.17) is 0 Å². The fourth-order valence-electron chi connectivity index (χ4n) is 1.88. The van der Waals surface area contributed by atoms with Gasteiger partial charge in [-0.15, -0.1) is 0 Å². The Morgan fingerprint density at radius 1 is 0.842 bits per heavy atom. The van der Waals surface area contributed by atoms with E-state index in [1.54, 1.807) is 0 Å². The first-order valence-electron chi connectivity index (χ1n) is 5.99. The molecular formula is C17H11BrN+. The zero-order valence-corrected chi connectivity index (χ0v) is 11.8. The number of nitrogens with zero attached hydrogens (tertiary/aromatic N) is 1. The molecule has 0 saturated heterocycles. The van der Waals surface area contributed by atoms with Crippen LogP contribution in [0.1, 0.15) is 11.1 Å². The van der Waals surface area contributed by atoms with Crippen molar-refractivity contribution in [3.8, 4) is 11.8 Å². The van der Waals surface area contributed by atoms with Gasteiger partial charge in [0.05, 0.1) is 5.56 Å². The van der Waals surface area contributed by atoms with Gasteiger partial charge in [-0.1, -0.05) is 33.8 Å². The average Bonchev–Trinajstić information content (AvgIpc) is 2.45. The smallest absolute Gasteiger partial charge is 0.166 e. The maximum atomic E-state index is 3.45. The third-order valence-corrected chi connectivity index (χ3v) is 3.30. The number of halogens is 1. The Labute approximate surface area is 120 Å². The van der Waals surface area contributed by atoms with Gasteiger partial charge in [0.1, 0.15) is 0 Å². The Kier molecular flexibility index (Phi) is 3.31. The number of hydrogen-bond donors (Lipinski definition) is 0. The van der Waals surface area contributed by atoms with E-state index in [1.165, 1.54) is 0 Å². The Balaban J connectivity index is 1.98. The number of rotatable bonds is 0. The summed E-state index contributed by atoms with van der Waals surface area (Å²) in [5, 5.41) is 0. The molecule has 0 N–H and O–H groups in total. The van der Waals surface area contributed by atoms with Gasteiger partial charge >= 0.3 is 0 Å². The molecule has 0 aliphatic heterocycles. The van der Waals surface area contributed by atoms with Crippen LogP contribution in [-0.2, 0) is 0 Å². The monoisotopic (exact) mass is 308 g/mol. The summed E-state index contributed by atoms with van der Waals surface area (Å²) < 4.78 is 3.12. The van der Waals surface area contributed by atoms with Crippen LogP contribution in [-0.4, -0.2) is 0 Å². The lowest BCUT2D eigenvalue weighted by Crippen LogP contribution is -2.20. The molecule has 0 fully saturated rings. The van der Waals surface area contributed by atoms with Gasteiger partial charge in [-0.05, 0) is 30.3 Å². The summed E-state index contributed by atoms with van der Waals surface area (Å²) in [6.45, 7) is 0. The van der Waals surface area contributed by atoms with Crippen LogP contribution in [0.25, 0.3) is 5.52 Å². The molecule has 2 heteroatoms.